The molecule has 0 spiro atoms. The van der Waals surface area contributed by atoms with Crippen LogP contribution in [0.25, 0.3) is 0 Å². The highest BCUT2D eigenvalue weighted by molar-refractivity contribution is 5.62. The third kappa shape index (κ3) is 8.73. The monoisotopic (exact) mass is 182 g/mol. The lowest BCUT2D eigenvalue weighted by Crippen LogP contribution is -1.91. The van der Waals surface area contributed by atoms with Gasteiger partial charge in [-0.05, 0) is 12.1 Å². The van der Waals surface area contributed by atoms with Gasteiger partial charge in [0.05, 0.1) is 11.4 Å². The minimum atomic E-state index is 0.646. The molecule has 76 valence electrons. The number of nitrogen functional groups attached to an aromatic ring is 2. The Morgan fingerprint density at radius 1 is 0.923 bits per heavy atom. The maximum atomic E-state index is 5.39. The Morgan fingerprint density at radius 3 is 1.31 bits per heavy atom. The van der Waals surface area contributed by atoms with Gasteiger partial charge in [0.1, 0.15) is 0 Å². The minimum Gasteiger partial charge on any atom is -0.397 e. The van der Waals surface area contributed by atoms with Gasteiger partial charge >= 0.3 is 0 Å². The molecule has 0 heterocycles. The van der Waals surface area contributed by atoms with E-state index in [9.17, 15) is 0 Å². The van der Waals surface area contributed by atoms with Crippen molar-refractivity contribution in [3.63, 3.8) is 0 Å². The molecular formula is C11H22N2. The van der Waals surface area contributed by atoms with Gasteiger partial charge in [0.2, 0.25) is 0 Å². The van der Waals surface area contributed by atoms with Crippen molar-refractivity contribution >= 4 is 11.4 Å². The molecule has 0 aliphatic carbocycles. The molecule has 1 aromatic carbocycles. The molecule has 0 aliphatic heterocycles. The van der Waals surface area contributed by atoms with Gasteiger partial charge in [-0.1, -0.05) is 46.2 Å². The van der Waals surface area contributed by atoms with Crippen molar-refractivity contribution in [2.24, 2.45) is 0 Å². The standard InChI is InChI=1S/C6H8N2.C3H8.C2H6/c7-5-3-1-2-4-6(5)8;1-3-2;1-2/h1-4H,7-8H2;3H2,1-2H3;1-2H3. The zero-order valence-electron chi connectivity index (χ0n) is 9.17. The van der Waals surface area contributed by atoms with Gasteiger partial charge in [-0.2, -0.15) is 0 Å². The van der Waals surface area contributed by atoms with E-state index in [0.717, 1.165) is 0 Å². The zero-order chi connectivity index (χ0) is 10.7. The number of para-hydroxylation sites is 2. The van der Waals surface area contributed by atoms with E-state index >= 15 is 0 Å². The fourth-order valence-corrected chi connectivity index (χ4v) is 0.511. The summed E-state index contributed by atoms with van der Waals surface area (Å²) >= 11 is 0. The summed E-state index contributed by atoms with van der Waals surface area (Å²) in [5.41, 5.74) is 12.1. The third-order valence-electron chi connectivity index (χ3n) is 0.996. The van der Waals surface area contributed by atoms with Crippen molar-refractivity contribution in [3.8, 4) is 0 Å². The molecule has 0 unspecified atom stereocenters. The number of benzene rings is 1. The number of rotatable bonds is 0. The summed E-state index contributed by atoms with van der Waals surface area (Å²) < 4.78 is 0. The molecule has 13 heavy (non-hydrogen) atoms. The van der Waals surface area contributed by atoms with Crippen LogP contribution >= 0.6 is 0 Å². The largest absolute Gasteiger partial charge is 0.397 e. The van der Waals surface area contributed by atoms with Crippen LogP contribution in [0.1, 0.15) is 34.1 Å². The molecule has 1 rings (SSSR count). The molecule has 4 N–H and O–H groups in total. The normalized spacial score (nSPS) is 7.38. The van der Waals surface area contributed by atoms with Gasteiger partial charge in [0.25, 0.3) is 0 Å². The first-order chi connectivity index (χ1) is 6.22. The van der Waals surface area contributed by atoms with Crippen LogP contribution in [-0.2, 0) is 0 Å². The highest BCUT2D eigenvalue weighted by Gasteiger charge is 1.85. The van der Waals surface area contributed by atoms with Crippen LogP contribution in [0.15, 0.2) is 24.3 Å². The first-order valence-corrected chi connectivity index (χ1v) is 4.82. The lowest BCUT2D eigenvalue weighted by molar-refractivity contribution is 1.09. The number of hydrogen-bond acceptors (Lipinski definition) is 2. The molecule has 0 fully saturated rings. The van der Waals surface area contributed by atoms with Crippen LogP contribution in [0.5, 0.6) is 0 Å². The SMILES string of the molecule is CC.CCC.Nc1ccccc1N. The van der Waals surface area contributed by atoms with E-state index < -0.39 is 0 Å². The highest BCUT2D eigenvalue weighted by Crippen LogP contribution is 2.10. The summed E-state index contributed by atoms with van der Waals surface area (Å²) in [6.45, 7) is 8.25. The Kier molecular flexibility index (Phi) is 11.9. The minimum absolute atomic E-state index is 0.646. The van der Waals surface area contributed by atoms with Crippen molar-refractivity contribution in [1.82, 2.24) is 0 Å². The molecule has 0 aromatic heterocycles. The Labute approximate surface area is 81.9 Å². The summed E-state index contributed by atoms with van der Waals surface area (Å²) in [6.07, 6.45) is 1.25. The maximum Gasteiger partial charge on any atom is 0.0547 e. The van der Waals surface area contributed by atoms with Crippen LogP contribution in [0, 0.1) is 0 Å². The second-order valence-corrected chi connectivity index (χ2v) is 2.34. The Morgan fingerprint density at radius 2 is 1.15 bits per heavy atom. The van der Waals surface area contributed by atoms with Gasteiger partial charge in [-0.3, -0.25) is 0 Å². The van der Waals surface area contributed by atoms with Crippen molar-refractivity contribution in [3.05, 3.63) is 24.3 Å². The predicted octanol–water partition coefficient (Wildman–Crippen LogP) is 3.29. The quantitative estimate of drug-likeness (QED) is 0.605. The number of nitrogens with two attached hydrogens (primary N) is 2. The van der Waals surface area contributed by atoms with E-state index in [1.54, 1.807) is 12.1 Å². The van der Waals surface area contributed by atoms with Gasteiger partial charge < -0.3 is 11.5 Å². The number of anilines is 2. The number of hydrogen-bond donors (Lipinski definition) is 2. The molecule has 1 aromatic rings. The van der Waals surface area contributed by atoms with Crippen molar-refractivity contribution in [2.75, 3.05) is 11.5 Å². The lowest BCUT2D eigenvalue weighted by atomic mass is 10.3. The second kappa shape index (κ2) is 10.8. The Hall–Kier alpha value is -1.18. The molecule has 0 amide bonds. The van der Waals surface area contributed by atoms with Crippen LogP contribution in [-0.4, -0.2) is 0 Å². The first-order valence-electron chi connectivity index (χ1n) is 4.82. The summed E-state index contributed by atoms with van der Waals surface area (Å²) in [7, 11) is 0. The molecule has 0 atom stereocenters. The zero-order valence-corrected chi connectivity index (χ0v) is 9.17. The average Bonchev–Trinajstić information content (AvgIpc) is 2.15. The fourth-order valence-electron chi connectivity index (χ4n) is 0.511. The molecule has 0 aliphatic rings. The van der Waals surface area contributed by atoms with Crippen molar-refractivity contribution in [2.45, 2.75) is 34.1 Å². The van der Waals surface area contributed by atoms with E-state index in [0.29, 0.717) is 11.4 Å². The van der Waals surface area contributed by atoms with Crippen LogP contribution < -0.4 is 11.5 Å². The van der Waals surface area contributed by atoms with E-state index in [1.165, 1.54) is 6.42 Å². The van der Waals surface area contributed by atoms with Gasteiger partial charge in [0, 0.05) is 0 Å². The van der Waals surface area contributed by atoms with Crippen molar-refractivity contribution in [1.29, 1.82) is 0 Å². The molecule has 0 saturated heterocycles. The molecule has 2 nitrogen and oxygen atoms in total. The summed E-state index contributed by atoms with van der Waals surface area (Å²) in [4.78, 5) is 0. The predicted molar refractivity (Wildman–Crippen MR) is 62.6 cm³/mol. The van der Waals surface area contributed by atoms with Crippen LogP contribution in [0.3, 0.4) is 0 Å². The Balaban J connectivity index is 0. The van der Waals surface area contributed by atoms with Gasteiger partial charge in [-0.25, -0.2) is 0 Å². The first kappa shape index (κ1) is 14.3. The van der Waals surface area contributed by atoms with Crippen LogP contribution in [0.4, 0.5) is 11.4 Å². The van der Waals surface area contributed by atoms with E-state index in [1.807, 2.05) is 26.0 Å². The highest BCUT2D eigenvalue weighted by atomic mass is 14.7. The molecular weight excluding hydrogens is 160 g/mol. The summed E-state index contributed by atoms with van der Waals surface area (Å²) in [5.74, 6) is 0. The van der Waals surface area contributed by atoms with E-state index in [-0.39, 0.29) is 0 Å². The van der Waals surface area contributed by atoms with Gasteiger partial charge in [0.15, 0.2) is 0 Å². The molecule has 0 bridgehead atoms. The maximum absolute atomic E-state index is 5.39. The second-order valence-electron chi connectivity index (χ2n) is 2.34. The Bertz CT molecular complexity index is 176. The lowest BCUT2D eigenvalue weighted by Gasteiger charge is -1.94. The van der Waals surface area contributed by atoms with E-state index in [4.69, 9.17) is 11.5 Å². The topological polar surface area (TPSA) is 52.0 Å². The molecule has 2 heteroatoms. The van der Waals surface area contributed by atoms with Gasteiger partial charge in [-0.15, -0.1) is 0 Å². The average molecular weight is 182 g/mol. The van der Waals surface area contributed by atoms with Crippen LogP contribution in [0.2, 0.25) is 0 Å². The molecule has 0 radical (unpaired) electrons. The smallest absolute Gasteiger partial charge is 0.0547 e. The third-order valence-corrected chi connectivity index (χ3v) is 0.996. The summed E-state index contributed by atoms with van der Waals surface area (Å²) in [6, 6.07) is 7.25. The summed E-state index contributed by atoms with van der Waals surface area (Å²) in [5, 5.41) is 0. The van der Waals surface area contributed by atoms with Crippen molar-refractivity contribution < 1.29 is 0 Å². The van der Waals surface area contributed by atoms with E-state index in [2.05, 4.69) is 13.8 Å². The fraction of sp³-hybridized carbons (Fsp3) is 0.455. The molecule has 0 saturated carbocycles.